The van der Waals surface area contributed by atoms with Gasteiger partial charge in [0.05, 0.1) is 42.2 Å². The highest BCUT2D eigenvalue weighted by Crippen LogP contribution is 2.37. The predicted molar refractivity (Wildman–Crippen MR) is 160 cm³/mol. The molecule has 5 rings (SSSR count). The highest BCUT2D eigenvalue weighted by molar-refractivity contribution is 7.15. The first kappa shape index (κ1) is 29.3. The number of methoxy groups -OCH3 is 1. The number of rotatable bonds is 7. The maximum atomic E-state index is 14.2. The molecule has 1 fully saturated rings. The fraction of sp³-hybridized carbons (Fsp3) is 0.345. The second-order valence-corrected chi connectivity index (χ2v) is 11.9. The molecule has 11 nitrogen and oxygen atoms in total. The number of esters is 1. The van der Waals surface area contributed by atoms with Crippen molar-refractivity contribution in [3.63, 3.8) is 0 Å². The van der Waals surface area contributed by atoms with E-state index in [4.69, 9.17) is 16.3 Å². The number of hydrogen-bond acceptors (Lipinski definition) is 7. The molecule has 220 valence electrons. The molecule has 0 spiro atoms. The summed E-state index contributed by atoms with van der Waals surface area (Å²) in [7, 11) is 1.32. The second kappa shape index (κ2) is 12.0. The largest absolute Gasteiger partial charge is 0.467 e. The van der Waals surface area contributed by atoms with Crippen LogP contribution in [0.3, 0.4) is 0 Å². The normalized spacial score (nSPS) is 16.5. The number of aromatic nitrogens is 4. The minimum absolute atomic E-state index is 0.123. The van der Waals surface area contributed by atoms with Gasteiger partial charge in [0.25, 0.3) is 5.91 Å². The molecule has 1 saturated heterocycles. The lowest BCUT2D eigenvalue weighted by atomic mass is 10.1. The number of benzene rings is 1. The minimum atomic E-state index is -0.779. The number of ether oxygens (including phenoxy) is 1. The number of likely N-dealkylation sites (tertiary alicyclic amines) is 1. The SMILES string of the molecule is COC(=O)[C@@H]1C[C@H](n2cc(CNC(=O)Nc3ccccc3Cl)nn2)CN1C(=O)c1c(-n2c(C)ccc2C)sc(C)c1C. The molecule has 4 aromatic rings. The van der Waals surface area contributed by atoms with Gasteiger partial charge in [0.1, 0.15) is 16.7 Å². The number of urea groups is 1. The lowest BCUT2D eigenvalue weighted by Crippen LogP contribution is -2.41. The summed E-state index contributed by atoms with van der Waals surface area (Å²) < 4.78 is 8.81. The van der Waals surface area contributed by atoms with Crippen LogP contribution in [0.1, 0.15) is 50.3 Å². The number of halogens is 1. The molecule has 1 aromatic carbocycles. The van der Waals surface area contributed by atoms with E-state index in [1.54, 1.807) is 51.4 Å². The first-order chi connectivity index (χ1) is 20.1. The van der Waals surface area contributed by atoms with E-state index in [1.807, 2.05) is 39.8 Å². The second-order valence-electron chi connectivity index (χ2n) is 10.3. The van der Waals surface area contributed by atoms with Crippen molar-refractivity contribution in [1.82, 2.24) is 29.8 Å². The van der Waals surface area contributed by atoms with Crippen LogP contribution in [-0.4, -0.2) is 62.1 Å². The summed E-state index contributed by atoms with van der Waals surface area (Å²) in [5.74, 6) is -0.709. The van der Waals surface area contributed by atoms with Crippen LogP contribution in [0.4, 0.5) is 10.5 Å². The van der Waals surface area contributed by atoms with Gasteiger partial charge in [0, 0.05) is 29.2 Å². The maximum absolute atomic E-state index is 14.2. The summed E-state index contributed by atoms with van der Waals surface area (Å²) in [6.45, 7) is 8.32. The summed E-state index contributed by atoms with van der Waals surface area (Å²) >= 11 is 7.67. The van der Waals surface area contributed by atoms with Crippen molar-refractivity contribution in [3.05, 3.63) is 80.7 Å². The Balaban J connectivity index is 1.34. The Labute approximate surface area is 252 Å². The van der Waals surface area contributed by atoms with E-state index in [9.17, 15) is 14.4 Å². The van der Waals surface area contributed by atoms with Gasteiger partial charge in [-0.1, -0.05) is 28.9 Å². The van der Waals surface area contributed by atoms with Gasteiger partial charge in [0.2, 0.25) is 0 Å². The molecule has 3 aromatic heterocycles. The minimum Gasteiger partial charge on any atom is -0.467 e. The number of para-hydroxylation sites is 1. The molecule has 0 aliphatic carbocycles. The van der Waals surface area contributed by atoms with Crippen molar-refractivity contribution in [2.24, 2.45) is 0 Å². The molecule has 2 N–H and O–H groups in total. The first-order valence-corrected chi connectivity index (χ1v) is 14.6. The number of aryl methyl sites for hydroxylation is 3. The molecule has 0 radical (unpaired) electrons. The Hall–Kier alpha value is -4.16. The van der Waals surface area contributed by atoms with E-state index < -0.39 is 18.0 Å². The van der Waals surface area contributed by atoms with E-state index in [2.05, 4.69) is 25.5 Å². The summed E-state index contributed by atoms with van der Waals surface area (Å²) in [4.78, 5) is 42.0. The van der Waals surface area contributed by atoms with Gasteiger partial charge < -0.3 is 24.8 Å². The number of hydrogen-bond donors (Lipinski definition) is 2. The highest BCUT2D eigenvalue weighted by atomic mass is 35.5. The van der Waals surface area contributed by atoms with E-state index in [0.717, 1.165) is 26.8 Å². The van der Waals surface area contributed by atoms with E-state index >= 15 is 0 Å². The van der Waals surface area contributed by atoms with Crippen LogP contribution in [0.15, 0.2) is 42.6 Å². The fourth-order valence-corrected chi connectivity index (χ4v) is 6.66. The average molecular weight is 610 g/mol. The third-order valence-electron chi connectivity index (χ3n) is 7.55. The van der Waals surface area contributed by atoms with Crippen molar-refractivity contribution in [2.45, 2.75) is 52.7 Å². The molecule has 1 aliphatic rings. The summed E-state index contributed by atoms with van der Waals surface area (Å²) in [6.07, 6.45) is 2.03. The van der Waals surface area contributed by atoms with Gasteiger partial charge >= 0.3 is 12.0 Å². The van der Waals surface area contributed by atoms with Crippen LogP contribution < -0.4 is 10.6 Å². The van der Waals surface area contributed by atoms with Crippen LogP contribution in [-0.2, 0) is 16.1 Å². The number of amides is 3. The van der Waals surface area contributed by atoms with E-state index in [0.29, 0.717) is 28.4 Å². The third-order valence-corrected chi connectivity index (χ3v) is 9.07. The van der Waals surface area contributed by atoms with Crippen molar-refractivity contribution >= 4 is 46.5 Å². The summed E-state index contributed by atoms with van der Waals surface area (Å²) in [5.41, 5.74) is 4.54. The molecule has 0 bridgehead atoms. The van der Waals surface area contributed by atoms with Crippen LogP contribution in [0.25, 0.3) is 5.00 Å². The number of carbonyl (C=O) groups is 3. The quantitative estimate of drug-likeness (QED) is 0.285. The maximum Gasteiger partial charge on any atom is 0.328 e. The fourth-order valence-electron chi connectivity index (χ4n) is 5.21. The molecule has 3 amide bonds. The lowest BCUT2D eigenvalue weighted by Gasteiger charge is -2.23. The third kappa shape index (κ3) is 5.64. The van der Waals surface area contributed by atoms with E-state index in [-0.39, 0.29) is 25.0 Å². The van der Waals surface area contributed by atoms with Crippen molar-refractivity contribution in [1.29, 1.82) is 0 Å². The van der Waals surface area contributed by atoms with Crippen LogP contribution in [0.5, 0.6) is 0 Å². The molecule has 0 unspecified atom stereocenters. The number of anilines is 1. The summed E-state index contributed by atoms with van der Waals surface area (Å²) in [6, 6.07) is 9.45. The molecule has 2 atom stereocenters. The van der Waals surface area contributed by atoms with Crippen molar-refractivity contribution in [2.75, 3.05) is 19.0 Å². The average Bonchev–Trinajstić information content (AvgIpc) is 3.75. The van der Waals surface area contributed by atoms with Gasteiger partial charge in [0.15, 0.2) is 0 Å². The zero-order chi connectivity index (χ0) is 30.1. The van der Waals surface area contributed by atoms with Crippen molar-refractivity contribution in [3.8, 4) is 5.00 Å². The van der Waals surface area contributed by atoms with Crippen LogP contribution in [0.2, 0.25) is 5.02 Å². The first-order valence-electron chi connectivity index (χ1n) is 13.4. The van der Waals surface area contributed by atoms with Gasteiger partial charge in [-0.05, 0) is 57.5 Å². The molecule has 0 saturated carbocycles. The molecular formula is C29H32ClN7O4S. The smallest absolute Gasteiger partial charge is 0.328 e. The standard InChI is InChI=1S/C29H32ClN7O4S/c1-16-10-11-17(2)37(16)27-25(18(3)19(4)42-27)26(38)35-15-21(12-24(35)28(39)41-5)36-14-20(33-34-36)13-31-29(40)32-23-9-7-6-8-22(23)30/h6-11,14,21,24H,12-13,15H2,1-5H3,(H2,31,32,40)/t21-,24-/m0/s1. The Morgan fingerprint density at radius 1 is 1.10 bits per heavy atom. The van der Waals surface area contributed by atoms with Crippen LogP contribution >= 0.6 is 22.9 Å². The Bertz CT molecular complexity index is 1640. The van der Waals surface area contributed by atoms with Gasteiger partial charge in [-0.2, -0.15) is 0 Å². The molecule has 4 heterocycles. The van der Waals surface area contributed by atoms with E-state index in [1.165, 1.54) is 7.11 Å². The molecule has 42 heavy (non-hydrogen) atoms. The van der Waals surface area contributed by atoms with Gasteiger partial charge in [-0.15, -0.1) is 16.4 Å². The Morgan fingerprint density at radius 3 is 2.50 bits per heavy atom. The van der Waals surface area contributed by atoms with Crippen molar-refractivity contribution < 1.29 is 19.1 Å². The van der Waals surface area contributed by atoms with Gasteiger partial charge in [-0.25, -0.2) is 14.3 Å². The lowest BCUT2D eigenvalue weighted by molar-refractivity contribution is -0.145. The monoisotopic (exact) mass is 609 g/mol. The Morgan fingerprint density at radius 2 is 1.81 bits per heavy atom. The number of carbonyl (C=O) groups excluding carboxylic acids is 3. The zero-order valence-electron chi connectivity index (χ0n) is 24.0. The number of nitrogens with one attached hydrogen (secondary N) is 2. The van der Waals surface area contributed by atoms with Crippen LogP contribution in [0, 0.1) is 27.7 Å². The number of nitrogens with zero attached hydrogens (tertiary/aromatic N) is 5. The molecule has 1 aliphatic heterocycles. The highest BCUT2D eigenvalue weighted by Gasteiger charge is 2.43. The summed E-state index contributed by atoms with van der Waals surface area (Å²) in [5, 5.41) is 15.1. The molecular weight excluding hydrogens is 578 g/mol. The number of thiophene rings is 1. The topological polar surface area (TPSA) is 123 Å². The molecule has 13 heteroatoms. The predicted octanol–water partition coefficient (Wildman–Crippen LogP) is 4.97. The Kier molecular flexibility index (Phi) is 8.37. The van der Waals surface area contributed by atoms with Gasteiger partial charge in [-0.3, -0.25) is 4.79 Å². The zero-order valence-corrected chi connectivity index (χ0v) is 25.5.